The molecule has 180 valence electrons. The number of anilines is 1. The molecule has 0 unspecified atom stereocenters. The highest BCUT2D eigenvalue weighted by Gasteiger charge is 2.29. The lowest BCUT2D eigenvalue weighted by molar-refractivity contribution is -0.107. The van der Waals surface area contributed by atoms with Crippen LogP contribution < -0.4 is 5.32 Å². The second-order valence-electron chi connectivity index (χ2n) is 8.23. The summed E-state index contributed by atoms with van der Waals surface area (Å²) in [6.45, 7) is 16.6. The highest BCUT2D eigenvalue weighted by Crippen LogP contribution is 2.36. The van der Waals surface area contributed by atoms with Gasteiger partial charge in [-0.25, -0.2) is 4.79 Å². The molecule has 1 aliphatic heterocycles. The molecule has 1 N–H and O–H groups in total. The van der Waals surface area contributed by atoms with Crippen LogP contribution in [0.5, 0.6) is 0 Å². The second-order valence-corrected chi connectivity index (χ2v) is 9.34. The van der Waals surface area contributed by atoms with E-state index < -0.39 is 5.60 Å². The van der Waals surface area contributed by atoms with Crippen LogP contribution in [0.2, 0.25) is 0 Å². The molecule has 0 saturated carbocycles. The minimum atomic E-state index is -0.485. The number of fused-ring (bicyclic) bond motifs is 1. The number of nitrogens with zero attached hydrogens (tertiary/aromatic N) is 2. The molecule has 1 aromatic heterocycles. The summed E-state index contributed by atoms with van der Waals surface area (Å²) in [7, 11) is 1.81. The van der Waals surface area contributed by atoms with Crippen LogP contribution in [0.1, 0.15) is 56.5 Å². The Hall–Kier alpha value is -3.05. The van der Waals surface area contributed by atoms with E-state index in [1.165, 1.54) is 0 Å². The first-order chi connectivity index (χ1) is 15.6. The van der Waals surface area contributed by atoms with Crippen molar-refractivity contribution >= 4 is 28.7 Å². The number of carbonyl (C=O) groups is 2. The lowest BCUT2D eigenvalue weighted by Gasteiger charge is -2.29. The van der Waals surface area contributed by atoms with Gasteiger partial charge in [-0.3, -0.25) is 0 Å². The average molecular weight is 474 g/mol. The molecular formula is C25H35N3O4S. The summed E-state index contributed by atoms with van der Waals surface area (Å²) >= 11 is 1.54. The first-order valence-corrected chi connectivity index (χ1v) is 11.7. The van der Waals surface area contributed by atoms with Gasteiger partial charge in [-0.05, 0) is 57.7 Å². The molecule has 1 aromatic rings. The summed E-state index contributed by atoms with van der Waals surface area (Å²) in [5.41, 5.74) is 2.15. The summed E-state index contributed by atoms with van der Waals surface area (Å²) in [5, 5.41) is 13.2. The van der Waals surface area contributed by atoms with E-state index in [2.05, 4.69) is 24.5 Å². The van der Waals surface area contributed by atoms with Gasteiger partial charge in [0.15, 0.2) is 0 Å². The summed E-state index contributed by atoms with van der Waals surface area (Å²) < 4.78 is 10.7. The number of nitrogens with one attached hydrogen (secondary N) is 1. The third-order valence-corrected chi connectivity index (χ3v) is 5.76. The third-order valence-electron chi connectivity index (χ3n) is 4.53. The largest absolute Gasteiger partial charge is 0.494 e. The van der Waals surface area contributed by atoms with Crippen molar-refractivity contribution in [1.82, 2.24) is 4.90 Å². The Bertz CT molecular complexity index is 919. The van der Waals surface area contributed by atoms with E-state index in [0.29, 0.717) is 39.0 Å². The van der Waals surface area contributed by atoms with Crippen LogP contribution in [0, 0.1) is 11.3 Å². The summed E-state index contributed by atoms with van der Waals surface area (Å²) in [6, 6.07) is 2.25. The molecule has 0 aromatic carbocycles. The van der Waals surface area contributed by atoms with E-state index in [0.717, 1.165) is 38.6 Å². The van der Waals surface area contributed by atoms with Crippen LogP contribution in [0.4, 0.5) is 9.80 Å². The van der Waals surface area contributed by atoms with E-state index >= 15 is 0 Å². The number of amides is 1. The van der Waals surface area contributed by atoms with Crippen LogP contribution in [-0.4, -0.2) is 43.1 Å². The van der Waals surface area contributed by atoms with E-state index in [-0.39, 0.29) is 6.09 Å². The molecule has 0 bridgehead atoms. The monoisotopic (exact) mass is 473 g/mol. The third kappa shape index (κ3) is 8.78. The second kappa shape index (κ2) is 13.5. The summed E-state index contributed by atoms with van der Waals surface area (Å²) in [4.78, 5) is 25.0. The van der Waals surface area contributed by atoms with E-state index in [9.17, 15) is 14.9 Å². The number of carbonyl (C=O) groups excluding carboxylic acids is 2. The maximum Gasteiger partial charge on any atom is 0.410 e. The van der Waals surface area contributed by atoms with E-state index in [1.807, 2.05) is 34.7 Å². The van der Waals surface area contributed by atoms with Gasteiger partial charge in [-0.2, -0.15) is 5.26 Å². The van der Waals surface area contributed by atoms with Gasteiger partial charge in [0.2, 0.25) is 0 Å². The molecule has 33 heavy (non-hydrogen) atoms. The highest BCUT2D eigenvalue weighted by molar-refractivity contribution is 7.16. The minimum absolute atomic E-state index is 0.291. The number of rotatable bonds is 8. The van der Waals surface area contributed by atoms with E-state index in [1.54, 1.807) is 28.4 Å². The molecule has 8 heteroatoms. The van der Waals surface area contributed by atoms with Crippen molar-refractivity contribution in [1.29, 1.82) is 5.26 Å². The molecule has 0 fully saturated rings. The van der Waals surface area contributed by atoms with Gasteiger partial charge < -0.3 is 24.5 Å². The number of hydrogen-bond donors (Lipinski definition) is 1. The fraction of sp³-hybridized carbons (Fsp3) is 0.480. The smallest absolute Gasteiger partial charge is 0.410 e. The molecule has 1 amide bonds. The molecule has 0 atom stereocenters. The number of hydrogen-bond acceptors (Lipinski definition) is 7. The van der Waals surface area contributed by atoms with Crippen LogP contribution in [0.25, 0.3) is 0 Å². The van der Waals surface area contributed by atoms with Gasteiger partial charge in [-0.1, -0.05) is 19.2 Å². The Morgan fingerprint density at radius 2 is 2.09 bits per heavy atom. The number of allylic oxidation sites excluding steroid dienone is 3. The van der Waals surface area contributed by atoms with Crippen molar-refractivity contribution in [2.45, 2.75) is 59.1 Å². The SMILES string of the molecule is C=C/C=C(/OCC)C(=C)CCC=O.CNc1sc2c(c1C#N)CCN(C(=O)OC(C)(C)C)C2. The van der Waals surface area contributed by atoms with E-state index in [4.69, 9.17) is 9.47 Å². The minimum Gasteiger partial charge on any atom is -0.494 e. The molecule has 7 nitrogen and oxygen atoms in total. The quantitative estimate of drug-likeness (QED) is 0.301. The first kappa shape index (κ1) is 28.0. The summed E-state index contributed by atoms with van der Waals surface area (Å²) in [6.07, 6.45) is 5.83. The fourth-order valence-corrected chi connectivity index (χ4v) is 4.23. The maximum absolute atomic E-state index is 12.1. The molecule has 2 heterocycles. The number of nitriles is 1. The predicted molar refractivity (Wildman–Crippen MR) is 133 cm³/mol. The van der Waals surface area contributed by atoms with Crippen molar-refractivity contribution in [2.75, 3.05) is 25.5 Å². The van der Waals surface area contributed by atoms with Crippen LogP contribution in [0.15, 0.2) is 36.6 Å². The average Bonchev–Trinajstić information content (AvgIpc) is 3.13. The summed E-state index contributed by atoms with van der Waals surface area (Å²) in [5.74, 6) is 0.722. The van der Waals surface area contributed by atoms with Crippen LogP contribution in [0.3, 0.4) is 0 Å². The molecule has 0 spiro atoms. The number of thiophene rings is 1. The van der Waals surface area contributed by atoms with Gasteiger partial charge in [0.05, 0.1) is 18.7 Å². The molecule has 2 rings (SSSR count). The van der Waals surface area contributed by atoms with Crippen molar-refractivity contribution in [2.24, 2.45) is 0 Å². The normalized spacial score (nSPS) is 13.0. The Morgan fingerprint density at radius 3 is 2.61 bits per heavy atom. The lowest BCUT2D eigenvalue weighted by Crippen LogP contribution is -2.39. The fourth-order valence-electron chi connectivity index (χ4n) is 3.07. The molecule has 0 aliphatic carbocycles. The van der Waals surface area contributed by atoms with Gasteiger partial charge in [0.1, 0.15) is 28.7 Å². The zero-order chi connectivity index (χ0) is 25.0. The molecule has 1 aliphatic rings. The number of aldehydes is 1. The molecule has 0 saturated heterocycles. The zero-order valence-corrected chi connectivity index (χ0v) is 21.1. The van der Waals surface area contributed by atoms with Gasteiger partial charge in [-0.15, -0.1) is 11.3 Å². The Balaban J connectivity index is 0.000000366. The Labute approximate surface area is 201 Å². The predicted octanol–water partition coefficient (Wildman–Crippen LogP) is 5.58. The van der Waals surface area contributed by atoms with Gasteiger partial charge in [0.25, 0.3) is 0 Å². The standard InChI is InChI=1S/C14H19N3O2S.C11H16O2/c1-14(2,3)19-13(18)17-6-5-9-10(7-15)12(16-4)20-11(9)8-17;1-4-7-11(13-5-2)10(3)8-6-9-12/h16H,5-6,8H2,1-4H3;4,7,9H,1,3,5-6,8H2,2H3/b;11-7+. The lowest BCUT2D eigenvalue weighted by atomic mass is 10.0. The zero-order valence-electron chi connectivity index (χ0n) is 20.3. The molecular weight excluding hydrogens is 438 g/mol. The van der Waals surface area contributed by atoms with Crippen molar-refractivity contribution in [3.05, 3.63) is 52.6 Å². The molecule has 0 radical (unpaired) electrons. The van der Waals surface area contributed by atoms with Crippen LogP contribution >= 0.6 is 11.3 Å². The van der Waals surface area contributed by atoms with Crippen molar-refractivity contribution in [3.63, 3.8) is 0 Å². The topological polar surface area (TPSA) is 91.7 Å². The van der Waals surface area contributed by atoms with Crippen molar-refractivity contribution in [3.8, 4) is 6.07 Å². The van der Waals surface area contributed by atoms with Crippen LogP contribution in [-0.2, 0) is 27.2 Å². The highest BCUT2D eigenvalue weighted by atomic mass is 32.1. The Morgan fingerprint density at radius 1 is 1.39 bits per heavy atom. The van der Waals surface area contributed by atoms with Crippen molar-refractivity contribution < 1.29 is 19.1 Å². The number of ether oxygens (including phenoxy) is 2. The van der Waals surface area contributed by atoms with Gasteiger partial charge >= 0.3 is 6.09 Å². The maximum atomic E-state index is 12.1. The first-order valence-electron chi connectivity index (χ1n) is 10.9. The Kier molecular flexibility index (Phi) is 11.4. The van der Waals surface area contributed by atoms with Gasteiger partial charge in [0, 0.05) is 24.9 Å².